The highest BCUT2D eigenvalue weighted by Crippen LogP contribution is 2.38. The average Bonchev–Trinajstić information content (AvgIpc) is 3.38. The molecule has 160 valence electrons. The van der Waals surface area contributed by atoms with Crippen LogP contribution in [0.1, 0.15) is 68.5 Å². The molecule has 3 aromatic heterocycles. The predicted molar refractivity (Wildman–Crippen MR) is 123 cm³/mol. The van der Waals surface area contributed by atoms with E-state index in [1.54, 1.807) is 0 Å². The Morgan fingerprint density at radius 1 is 1.10 bits per heavy atom. The van der Waals surface area contributed by atoms with E-state index in [0.717, 1.165) is 59.6 Å². The summed E-state index contributed by atoms with van der Waals surface area (Å²) < 4.78 is 6.12. The van der Waals surface area contributed by atoms with Gasteiger partial charge in [0.2, 0.25) is 11.8 Å². The van der Waals surface area contributed by atoms with Crippen molar-refractivity contribution in [1.29, 1.82) is 0 Å². The van der Waals surface area contributed by atoms with Crippen LogP contribution in [0.15, 0.2) is 40.9 Å². The summed E-state index contributed by atoms with van der Waals surface area (Å²) in [5.74, 6) is 1.92. The normalized spacial score (nSPS) is 19.4. The molecule has 0 saturated heterocycles. The second kappa shape index (κ2) is 7.93. The highest BCUT2D eigenvalue weighted by Gasteiger charge is 2.26. The number of benzene rings is 1. The van der Waals surface area contributed by atoms with E-state index in [1.165, 1.54) is 10.9 Å². The van der Waals surface area contributed by atoms with Crippen molar-refractivity contribution in [2.45, 2.75) is 64.3 Å². The number of aromatic nitrogens is 4. The molecule has 0 amide bonds. The van der Waals surface area contributed by atoms with Crippen molar-refractivity contribution in [2.75, 3.05) is 0 Å². The Hall–Kier alpha value is -2.99. The van der Waals surface area contributed by atoms with Crippen LogP contribution in [0.4, 0.5) is 0 Å². The first-order valence-corrected chi connectivity index (χ1v) is 11.2. The van der Waals surface area contributed by atoms with Gasteiger partial charge in [-0.25, -0.2) is 0 Å². The number of rotatable bonds is 4. The SMILES string of the molecule is Cc1cc(-c2[nH]c3ccc(-c4nnc(C5CCCC(N)C5)o4)cc3c2C(C)C)ccn1. The molecule has 1 saturated carbocycles. The fraction of sp³-hybridized carbons (Fsp3) is 0.400. The van der Waals surface area contributed by atoms with Gasteiger partial charge in [0.05, 0.1) is 5.69 Å². The molecule has 1 aliphatic carbocycles. The lowest BCUT2D eigenvalue weighted by molar-refractivity contribution is 0.338. The average molecular weight is 416 g/mol. The molecule has 1 fully saturated rings. The predicted octanol–water partition coefficient (Wildman–Crippen LogP) is 5.70. The van der Waals surface area contributed by atoms with Gasteiger partial charge < -0.3 is 15.1 Å². The van der Waals surface area contributed by atoms with Gasteiger partial charge in [0.1, 0.15) is 0 Å². The van der Waals surface area contributed by atoms with Crippen molar-refractivity contribution < 1.29 is 4.42 Å². The topological polar surface area (TPSA) is 93.6 Å². The van der Waals surface area contributed by atoms with Gasteiger partial charge in [-0.05, 0) is 68.0 Å². The van der Waals surface area contributed by atoms with E-state index in [2.05, 4.69) is 64.3 Å². The molecule has 3 N–H and O–H groups in total. The van der Waals surface area contributed by atoms with Gasteiger partial charge in [0, 0.05) is 45.9 Å². The van der Waals surface area contributed by atoms with Crippen LogP contribution in [0.2, 0.25) is 0 Å². The number of nitrogens with zero attached hydrogens (tertiary/aromatic N) is 3. The molecule has 0 radical (unpaired) electrons. The Kier molecular flexibility index (Phi) is 5.10. The smallest absolute Gasteiger partial charge is 0.247 e. The second-order valence-corrected chi connectivity index (χ2v) is 9.08. The highest BCUT2D eigenvalue weighted by molar-refractivity contribution is 5.93. The maximum absolute atomic E-state index is 6.15. The van der Waals surface area contributed by atoms with Crippen molar-refractivity contribution in [1.82, 2.24) is 20.2 Å². The first-order chi connectivity index (χ1) is 15.0. The van der Waals surface area contributed by atoms with E-state index in [1.807, 2.05) is 13.1 Å². The van der Waals surface area contributed by atoms with Crippen LogP contribution in [0.25, 0.3) is 33.6 Å². The number of hydrogen-bond acceptors (Lipinski definition) is 5. The molecular formula is C25H29N5O. The van der Waals surface area contributed by atoms with Gasteiger partial charge in [0.25, 0.3) is 0 Å². The van der Waals surface area contributed by atoms with Gasteiger partial charge in [-0.2, -0.15) is 0 Å². The van der Waals surface area contributed by atoms with Crippen molar-refractivity contribution in [3.8, 4) is 22.7 Å². The summed E-state index contributed by atoms with van der Waals surface area (Å²) in [6.45, 7) is 6.47. The van der Waals surface area contributed by atoms with E-state index >= 15 is 0 Å². The lowest BCUT2D eigenvalue weighted by atomic mass is 9.86. The van der Waals surface area contributed by atoms with Crippen LogP contribution in [0.3, 0.4) is 0 Å². The van der Waals surface area contributed by atoms with Crippen molar-refractivity contribution in [3.05, 3.63) is 53.7 Å². The Balaban J connectivity index is 1.55. The van der Waals surface area contributed by atoms with E-state index < -0.39 is 0 Å². The van der Waals surface area contributed by atoms with Gasteiger partial charge in [-0.3, -0.25) is 4.98 Å². The molecule has 5 rings (SSSR count). The number of fused-ring (bicyclic) bond motifs is 1. The molecule has 0 bridgehead atoms. The van der Waals surface area contributed by atoms with Crippen LogP contribution in [-0.2, 0) is 0 Å². The summed E-state index contributed by atoms with van der Waals surface area (Å²) in [5.41, 5.74) is 12.8. The lowest BCUT2D eigenvalue weighted by Gasteiger charge is -2.23. The number of hydrogen-bond donors (Lipinski definition) is 2. The third-order valence-corrected chi connectivity index (χ3v) is 6.35. The van der Waals surface area contributed by atoms with E-state index in [9.17, 15) is 0 Å². The first-order valence-electron chi connectivity index (χ1n) is 11.2. The Morgan fingerprint density at radius 3 is 2.74 bits per heavy atom. The quantitative estimate of drug-likeness (QED) is 0.446. The molecule has 0 aliphatic heterocycles. The maximum Gasteiger partial charge on any atom is 0.247 e. The van der Waals surface area contributed by atoms with Crippen LogP contribution in [0.5, 0.6) is 0 Å². The zero-order valence-electron chi connectivity index (χ0n) is 18.4. The van der Waals surface area contributed by atoms with Crippen molar-refractivity contribution in [2.24, 2.45) is 5.73 Å². The van der Waals surface area contributed by atoms with Crippen molar-refractivity contribution >= 4 is 10.9 Å². The molecule has 3 heterocycles. The molecule has 1 aromatic carbocycles. The number of nitrogens with two attached hydrogens (primary N) is 1. The summed E-state index contributed by atoms with van der Waals surface area (Å²) in [4.78, 5) is 7.96. The van der Waals surface area contributed by atoms with Crippen molar-refractivity contribution in [3.63, 3.8) is 0 Å². The van der Waals surface area contributed by atoms with Gasteiger partial charge >= 0.3 is 0 Å². The van der Waals surface area contributed by atoms with E-state index in [4.69, 9.17) is 10.2 Å². The summed E-state index contributed by atoms with van der Waals surface area (Å²) in [5, 5.41) is 9.92. The van der Waals surface area contributed by atoms with E-state index in [0.29, 0.717) is 11.8 Å². The Morgan fingerprint density at radius 2 is 1.97 bits per heavy atom. The molecule has 1 aliphatic rings. The monoisotopic (exact) mass is 415 g/mol. The molecule has 4 aromatic rings. The van der Waals surface area contributed by atoms with Gasteiger partial charge in [-0.15, -0.1) is 10.2 Å². The van der Waals surface area contributed by atoms with E-state index in [-0.39, 0.29) is 12.0 Å². The molecular weight excluding hydrogens is 386 g/mol. The summed E-state index contributed by atoms with van der Waals surface area (Å²) >= 11 is 0. The minimum atomic E-state index is 0.231. The number of H-pyrrole nitrogens is 1. The standard InChI is InChI=1S/C25H29N5O/c1-14(2)22-20-13-18(25-30-29-24(31-25)17-5-4-6-19(26)12-17)7-8-21(20)28-23(22)16-9-10-27-15(3)11-16/h7-11,13-14,17,19,28H,4-6,12,26H2,1-3H3. The van der Waals surface area contributed by atoms with Gasteiger partial charge in [-0.1, -0.05) is 20.3 Å². The van der Waals surface area contributed by atoms with Crippen LogP contribution >= 0.6 is 0 Å². The molecule has 2 unspecified atom stereocenters. The molecule has 6 heteroatoms. The Labute approximate surface area is 182 Å². The number of pyridine rings is 1. The summed E-state index contributed by atoms with van der Waals surface area (Å²) in [7, 11) is 0. The summed E-state index contributed by atoms with van der Waals surface area (Å²) in [6, 6.07) is 10.7. The number of aromatic amines is 1. The molecule has 0 spiro atoms. The minimum absolute atomic E-state index is 0.231. The fourth-order valence-corrected chi connectivity index (χ4v) is 4.84. The zero-order chi connectivity index (χ0) is 21.5. The molecule has 2 atom stereocenters. The van der Waals surface area contributed by atoms with Gasteiger partial charge in [0.15, 0.2) is 0 Å². The molecule has 31 heavy (non-hydrogen) atoms. The number of aryl methyl sites for hydroxylation is 1. The highest BCUT2D eigenvalue weighted by atomic mass is 16.4. The molecule has 6 nitrogen and oxygen atoms in total. The van der Waals surface area contributed by atoms with Crippen LogP contribution in [0, 0.1) is 6.92 Å². The lowest BCUT2D eigenvalue weighted by Crippen LogP contribution is -2.26. The fourth-order valence-electron chi connectivity index (χ4n) is 4.84. The third kappa shape index (κ3) is 3.76. The largest absolute Gasteiger partial charge is 0.420 e. The van der Waals surface area contributed by atoms with Crippen LogP contribution in [-0.4, -0.2) is 26.2 Å². The third-order valence-electron chi connectivity index (χ3n) is 6.35. The number of nitrogens with one attached hydrogen (secondary N) is 1. The second-order valence-electron chi connectivity index (χ2n) is 9.08. The Bertz CT molecular complexity index is 1220. The first kappa shape index (κ1) is 19.9. The van der Waals surface area contributed by atoms with Crippen LogP contribution < -0.4 is 5.73 Å². The summed E-state index contributed by atoms with van der Waals surface area (Å²) in [6.07, 6.45) is 6.05. The minimum Gasteiger partial charge on any atom is -0.420 e. The maximum atomic E-state index is 6.15. The zero-order valence-corrected chi connectivity index (χ0v) is 18.4.